The van der Waals surface area contributed by atoms with E-state index in [1.54, 1.807) is 30.3 Å². The molecule has 2 fully saturated rings. The molecule has 0 saturated carbocycles. The Labute approximate surface area is 237 Å². The summed E-state index contributed by atoms with van der Waals surface area (Å²) in [5, 5.41) is 2.62. The van der Waals surface area contributed by atoms with Crippen LogP contribution in [0.2, 0.25) is 22.2 Å². The molecule has 10 nitrogen and oxygen atoms in total. The van der Waals surface area contributed by atoms with Crippen molar-refractivity contribution in [2.75, 3.05) is 11.9 Å². The molecule has 40 heavy (non-hydrogen) atoms. The van der Waals surface area contributed by atoms with Gasteiger partial charge in [-0.1, -0.05) is 73.6 Å². The molecule has 2 saturated heterocycles. The Bertz CT molecular complexity index is 1270. The van der Waals surface area contributed by atoms with Gasteiger partial charge in [0.25, 0.3) is 5.91 Å². The second kappa shape index (κ2) is 11.8. The number of hydrogen-bond donors (Lipinski definition) is 1. The summed E-state index contributed by atoms with van der Waals surface area (Å²) in [5.41, 5.74) is 0.0976. The van der Waals surface area contributed by atoms with Gasteiger partial charge in [-0.05, 0) is 40.4 Å². The molecule has 12 heteroatoms. The summed E-state index contributed by atoms with van der Waals surface area (Å²) in [5.74, 6) is -0.687. The molecule has 1 amide bonds. The molecule has 0 spiro atoms. The lowest BCUT2D eigenvalue weighted by atomic mass is 10.1. The van der Waals surface area contributed by atoms with Gasteiger partial charge in [0.1, 0.15) is 18.0 Å². The van der Waals surface area contributed by atoms with Gasteiger partial charge in [0, 0.05) is 11.8 Å². The molecule has 1 aromatic heterocycles. The lowest BCUT2D eigenvalue weighted by molar-refractivity contribution is -0.130. The van der Waals surface area contributed by atoms with E-state index in [4.69, 9.17) is 17.7 Å². The molecule has 2 aromatic rings. The van der Waals surface area contributed by atoms with Crippen LogP contribution in [-0.2, 0) is 22.5 Å². The van der Waals surface area contributed by atoms with Crippen molar-refractivity contribution >= 4 is 34.6 Å². The van der Waals surface area contributed by atoms with Crippen molar-refractivity contribution in [2.45, 2.75) is 96.0 Å². The summed E-state index contributed by atoms with van der Waals surface area (Å²) in [6, 6.07) is 10.1. The summed E-state index contributed by atoms with van der Waals surface area (Å²) in [4.78, 5) is 43.3. The largest absolute Gasteiger partial charge is 0.414 e. The van der Waals surface area contributed by atoms with Crippen LogP contribution in [-0.4, -0.2) is 57.2 Å². The van der Waals surface area contributed by atoms with E-state index in [9.17, 15) is 14.4 Å². The number of aromatic nitrogens is 2. The van der Waals surface area contributed by atoms with E-state index in [1.165, 1.54) is 12.3 Å². The Morgan fingerprint density at radius 2 is 1.52 bits per heavy atom. The summed E-state index contributed by atoms with van der Waals surface area (Å²) in [7, 11) is -5.83. The maximum Gasteiger partial charge on any atom is 0.352 e. The Kier molecular flexibility index (Phi) is 8.98. The van der Waals surface area contributed by atoms with Crippen molar-refractivity contribution in [3.05, 3.63) is 58.6 Å². The van der Waals surface area contributed by atoms with E-state index >= 15 is 0 Å². The molecule has 0 bridgehead atoms. The van der Waals surface area contributed by atoms with Crippen LogP contribution in [0.1, 0.15) is 72.0 Å². The van der Waals surface area contributed by atoms with Gasteiger partial charge in [0.15, 0.2) is 0 Å². The fourth-order valence-electron chi connectivity index (χ4n) is 5.65. The summed E-state index contributed by atoms with van der Waals surface area (Å²) in [6.07, 6.45) is -1.45. The van der Waals surface area contributed by atoms with Crippen molar-refractivity contribution < 1.29 is 27.3 Å². The number of anilines is 1. The lowest BCUT2D eigenvalue weighted by Gasteiger charge is -2.50. The van der Waals surface area contributed by atoms with Gasteiger partial charge in [-0.2, -0.15) is 4.98 Å². The van der Waals surface area contributed by atoms with Crippen LogP contribution in [0.5, 0.6) is 0 Å². The average molecular weight is 588 g/mol. The number of hydrogen-bond acceptors (Lipinski definition) is 8. The first-order valence-electron chi connectivity index (χ1n) is 14.0. The third kappa shape index (κ3) is 5.52. The fraction of sp³-hybridized carbons (Fsp3) is 0.571. The number of ketones is 1. The standard InChI is InChI=1S/C28H41N3O7Si2/c1-17(2)39(18(3)4)35-16-22-25(37-40(38-39,19(5)6)20(7)8)24(32)27(36-22)31-15-14-23(30-28(31)34)29-26(33)21-12-10-9-11-13-21/h9-15,17-20,22,25,27H,16H2,1-8H3,(H,29,30,33,34)/t22-,25+,27-/m1/s1. The third-order valence-corrected chi connectivity index (χ3v) is 18.1. The fourth-order valence-corrected chi connectivity index (χ4v) is 16.8. The summed E-state index contributed by atoms with van der Waals surface area (Å²) in [6.45, 7) is 16.9. The van der Waals surface area contributed by atoms with Gasteiger partial charge < -0.3 is 23.0 Å². The topological polar surface area (TPSA) is 118 Å². The van der Waals surface area contributed by atoms with E-state index in [0.29, 0.717) is 5.56 Å². The second-order valence-electron chi connectivity index (χ2n) is 11.8. The van der Waals surface area contributed by atoms with Crippen LogP contribution < -0.4 is 11.0 Å². The highest BCUT2D eigenvalue weighted by atomic mass is 28.5. The molecule has 2 aliphatic heterocycles. The summed E-state index contributed by atoms with van der Waals surface area (Å²) < 4.78 is 28.0. The molecule has 0 radical (unpaired) electrons. The van der Waals surface area contributed by atoms with Crippen molar-refractivity contribution in [1.82, 2.24) is 9.55 Å². The number of carbonyl (C=O) groups is 2. The van der Waals surface area contributed by atoms with E-state index in [0.717, 1.165) is 4.57 Å². The molecule has 0 unspecified atom stereocenters. The molecule has 3 heterocycles. The first-order chi connectivity index (χ1) is 18.8. The number of fused-ring (bicyclic) bond motifs is 1. The van der Waals surface area contributed by atoms with Gasteiger partial charge in [-0.15, -0.1) is 0 Å². The van der Waals surface area contributed by atoms with E-state index < -0.39 is 47.2 Å². The van der Waals surface area contributed by atoms with E-state index in [1.807, 2.05) is 0 Å². The number of nitrogens with zero attached hydrogens (tertiary/aromatic N) is 2. The van der Waals surface area contributed by atoms with Crippen molar-refractivity contribution in [2.24, 2.45) is 0 Å². The lowest BCUT2D eigenvalue weighted by Crippen LogP contribution is -2.65. The zero-order chi connectivity index (χ0) is 29.4. The first-order valence-corrected chi connectivity index (χ1v) is 17.9. The monoisotopic (exact) mass is 587 g/mol. The third-order valence-electron chi connectivity index (χ3n) is 7.85. The molecule has 2 aliphatic rings. The normalized spacial score (nSPS) is 24.3. The number of carbonyl (C=O) groups excluding carboxylic acids is 2. The number of benzene rings is 1. The predicted molar refractivity (Wildman–Crippen MR) is 156 cm³/mol. The van der Waals surface area contributed by atoms with Gasteiger partial charge in [-0.25, -0.2) is 4.79 Å². The summed E-state index contributed by atoms with van der Waals surface area (Å²) >= 11 is 0. The van der Waals surface area contributed by atoms with E-state index in [-0.39, 0.29) is 40.4 Å². The number of rotatable bonds is 7. The molecule has 0 aliphatic carbocycles. The Balaban J connectivity index is 1.65. The zero-order valence-electron chi connectivity index (χ0n) is 24.5. The highest BCUT2D eigenvalue weighted by Gasteiger charge is 2.61. The molecule has 4 rings (SSSR count). The van der Waals surface area contributed by atoms with E-state index in [2.05, 4.69) is 65.7 Å². The molecule has 3 atom stereocenters. The van der Waals surface area contributed by atoms with Crippen LogP contribution >= 0.6 is 0 Å². The Morgan fingerprint density at radius 3 is 2.08 bits per heavy atom. The van der Waals surface area contributed by atoms with Crippen LogP contribution in [0.25, 0.3) is 0 Å². The SMILES string of the molecule is CC(C)[Si]1(C(C)C)OC[C@H]2O[C@@H](n3ccc(NC(=O)c4ccccc4)nc3=O)C(=O)[C@H]2O[Si](C(C)C)(C(C)C)O1. The number of amides is 1. The second-order valence-corrected chi connectivity index (χ2v) is 20.6. The van der Waals surface area contributed by atoms with Crippen LogP contribution in [0.4, 0.5) is 5.82 Å². The van der Waals surface area contributed by atoms with Crippen molar-refractivity contribution in [3.8, 4) is 0 Å². The predicted octanol–water partition coefficient (Wildman–Crippen LogP) is 4.92. The molecular weight excluding hydrogens is 546 g/mol. The maximum absolute atomic E-state index is 13.8. The quantitative estimate of drug-likeness (QED) is 0.454. The molecular formula is C28H41N3O7Si2. The van der Waals surface area contributed by atoms with Gasteiger partial charge in [0.05, 0.1) is 6.61 Å². The highest BCUT2D eigenvalue weighted by Crippen LogP contribution is 2.47. The van der Waals surface area contributed by atoms with Crippen LogP contribution in [0, 0.1) is 0 Å². The van der Waals surface area contributed by atoms with Crippen LogP contribution in [0.15, 0.2) is 47.4 Å². The van der Waals surface area contributed by atoms with Gasteiger partial charge in [-0.3, -0.25) is 14.2 Å². The maximum atomic E-state index is 13.8. The Morgan fingerprint density at radius 1 is 0.925 bits per heavy atom. The average Bonchev–Trinajstić information content (AvgIpc) is 3.18. The van der Waals surface area contributed by atoms with Crippen molar-refractivity contribution in [1.29, 1.82) is 0 Å². The van der Waals surface area contributed by atoms with Gasteiger partial charge in [0.2, 0.25) is 12.0 Å². The number of Topliss-reactive ketones (excluding diaryl/α,β-unsaturated/α-hetero) is 1. The number of ether oxygens (including phenoxy) is 1. The smallest absolute Gasteiger partial charge is 0.352 e. The minimum Gasteiger partial charge on any atom is -0.414 e. The minimum absolute atomic E-state index is 0.0444. The van der Waals surface area contributed by atoms with Gasteiger partial charge >= 0.3 is 22.8 Å². The van der Waals surface area contributed by atoms with Crippen LogP contribution in [0.3, 0.4) is 0 Å². The number of nitrogens with one attached hydrogen (secondary N) is 1. The Hall–Kier alpha value is -2.49. The molecule has 218 valence electrons. The highest BCUT2D eigenvalue weighted by molar-refractivity contribution is 6.84. The molecule has 1 aromatic carbocycles. The minimum atomic E-state index is -3.03. The molecule has 1 N–H and O–H groups in total. The zero-order valence-corrected chi connectivity index (χ0v) is 26.5. The van der Waals surface area contributed by atoms with Crippen molar-refractivity contribution in [3.63, 3.8) is 0 Å². The first kappa shape index (κ1) is 30.5.